The lowest BCUT2D eigenvalue weighted by Gasteiger charge is -2.14. The van der Waals surface area contributed by atoms with E-state index in [0.29, 0.717) is 17.9 Å². The molecular formula is C27H22FN3O4S2. The van der Waals surface area contributed by atoms with Crippen molar-refractivity contribution in [1.82, 2.24) is 15.8 Å². The highest BCUT2D eigenvalue weighted by Gasteiger charge is 2.32. The Morgan fingerprint density at radius 3 is 2.41 bits per heavy atom. The molecule has 1 saturated heterocycles. The summed E-state index contributed by atoms with van der Waals surface area (Å²) in [6, 6.07) is 22.3. The van der Waals surface area contributed by atoms with Crippen LogP contribution in [0.4, 0.5) is 4.39 Å². The number of nitrogens with zero attached hydrogens (tertiary/aromatic N) is 1. The van der Waals surface area contributed by atoms with Crippen molar-refractivity contribution >= 4 is 52.1 Å². The standard InChI is InChI=1S/C27H22FN3O4S2/c28-22-9-5-4-8-20(22)16-23-26(34)31(27(36)37-23)15-14-24(32)29-30-25(33)19-10-12-21(13-11-19)35-17-18-6-2-1-3-7-18/h1-13,16H,14-15,17H2,(H,29,32)(H,30,33)/b23-16-. The first kappa shape index (κ1) is 26.1. The molecule has 1 aliphatic rings. The number of benzene rings is 3. The largest absolute Gasteiger partial charge is 0.489 e. The van der Waals surface area contributed by atoms with Crippen LogP contribution in [-0.4, -0.2) is 33.5 Å². The molecule has 4 rings (SSSR count). The second kappa shape index (κ2) is 12.3. The number of hydrogen-bond acceptors (Lipinski definition) is 6. The summed E-state index contributed by atoms with van der Waals surface area (Å²) in [5, 5.41) is 0. The van der Waals surface area contributed by atoms with Gasteiger partial charge in [0.1, 0.15) is 22.5 Å². The highest BCUT2D eigenvalue weighted by atomic mass is 32.2. The lowest BCUT2D eigenvalue weighted by Crippen LogP contribution is -2.43. The van der Waals surface area contributed by atoms with Gasteiger partial charge in [-0.3, -0.25) is 30.1 Å². The van der Waals surface area contributed by atoms with Gasteiger partial charge >= 0.3 is 0 Å². The molecule has 37 heavy (non-hydrogen) atoms. The first-order valence-electron chi connectivity index (χ1n) is 11.3. The predicted octanol–water partition coefficient (Wildman–Crippen LogP) is 4.46. The number of carbonyl (C=O) groups is 3. The van der Waals surface area contributed by atoms with Gasteiger partial charge in [-0.25, -0.2) is 4.39 Å². The first-order valence-corrected chi connectivity index (χ1v) is 12.5. The zero-order valence-electron chi connectivity index (χ0n) is 19.5. The van der Waals surface area contributed by atoms with Crippen LogP contribution in [0.1, 0.15) is 27.9 Å². The van der Waals surface area contributed by atoms with E-state index in [0.717, 1.165) is 17.3 Å². The van der Waals surface area contributed by atoms with E-state index >= 15 is 0 Å². The summed E-state index contributed by atoms with van der Waals surface area (Å²) in [6.07, 6.45) is 1.35. The van der Waals surface area contributed by atoms with Crippen LogP contribution in [0.3, 0.4) is 0 Å². The zero-order chi connectivity index (χ0) is 26.2. The summed E-state index contributed by atoms with van der Waals surface area (Å²) in [4.78, 5) is 38.8. The molecule has 7 nitrogen and oxygen atoms in total. The second-order valence-electron chi connectivity index (χ2n) is 7.91. The molecule has 3 aromatic rings. The average Bonchev–Trinajstić information content (AvgIpc) is 3.18. The van der Waals surface area contributed by atoms with Gasteiger partial charge in [0, 0.05) is 24.1 Å². The molecule has 0 unspecified atom stereocenters. The van der Waals surface area contributed by atoms with Gasteiger partial charge in [-0.15, -0.1) is 0 Å². The van der Waals surface area contributed by atoms with Crippen molar-refractivity contribution in [2.24, 2.45) is 0 Å². The van der Waals surface area contributed by atoms with Gasteiger partial charge in [-0.2, -0.15) is 0 Å². The van der Waals surface area contributed by atoms with Crippen LogP contribution in [0.15, 0.2) is 83.8 Å². The maximum atomic E-state index is 13.9. The number of thiocarbonyl (C=S) groups is 1. The van der Waals surface area contributed by atoms with E-state index in [4.69, 9.17) is 17.0 Å². The van der Waals surface area contributed by atoms with Crippen LogP contribution in [0.25, 0.3) is 6.08 Å². The molecule has 0 bridgehead atoms. The summed E-state index contributed by atoms with van der Waals surface area (Å²) in [5.74, 6) is -1.23. The number of thioether (sulfide) groups is 1. The number of amides is 3. The fraction of sp³-hybridized carbons (Fsp3) is 0.111. The summed E-state index contributed by atoms with van der Waals surface area (Å²) in [7, 11) is 0. The fourth-order valence-corrected chi connectivity index (χ4v) is 4.64. The monoisotopic (exact) mass is 535 g/mol. The van der Waals surface area contributed by atoms with E-state index in [9.17, 15) is 18.8 Å². The van der Waals surface area contributed by atoms with Crippen LogP contribution >= 0.6 is 24.0 Å². The lowest BCUT2D eigenvalue weighted by atomic mass is 10.2. The maximum absolute atomic E-state index is 13.9. The minimum absolute atomic E-state index is 0.0223. The van der Waals surface area contributed by atoms with Crippen LogP contribution in [0.5, 0.6) is 5.75 Å². The van der Waals surface area contributed by atoms with Crippen molar-refractivity contribution in [1.29, 1.82) is 0 Å². The fourth-order valence-electron chi connectivity index (χ4n) is 3.34. The SMILES string of the molecule is O=C(CCN1C(=O)/C(=C/c2ccccc2F)SC1=S)NNC(=O)c1ccc(OCc2ccccc2)cc1. The Balaban J connectivity index is 1.23. The van der Waals surface area contributed by atoms with Gasteiger partial charge in [-0.05, 0) is 42.0 Å². The molecule has 0 atom stereocenters. The predicted molar refractivity (Wildman–Crippen MR) is 144 cm³/mol. The Morgan fingerprint density at radius 1 is 0.973 bits per heavy atom. The molecule has 0 radical (unpaired) electrons. The molecule has 3 amide bonds. The van der Waals surface area contributed by atoms with E-state index in [1.807, 2.05) is 30.3 Å². The van der Waals surface area contributed by atoms with E-state index in [1.165, 1.54) is 17.0 Å². The van der Waals surface area contributed by atoms with E-state index < -0.39 is 23.5 Å². The average molecular weight is 536 g/mol. The molecular weight excluding hydrogens is 513 g/mol. The highest BCUT2D eigenvalue weighted by molar-refractivity contribution is 8.26. The van der Waals surface area contributed by atoms with Crippen LogP contribution in [0.2, 0.25) is 0 Å². The summed E-state index contributed by atoms with van der Waals surface area (Å²) in [6.45, 7) is 0.429. The molecule has 0 saturated carbocycles. The smallest absolute Gasteiger partial charge is 0.269 e. The molecule has 0 aliphatic carbocycles. The van der Waals surface area contributed by atoms with E-state index in [1.54, 1.807) is 42.5 Å². The number of carbonyl (C=O) groups excluding carboxylic acids is 3. The van der Waals surface area contributed by atoms with Crippen molar-refractivity contribution in [2.75, 3.05) is 6.54 Å². The Bertz CT molecular complexity index is 1350. The number of ether oxygens (including phenoxy) is 1. The summed E-state index contributed by atoms with van der Waals surface area (Å²) < 4.78 is 19.9. The summed E-state index contributed by atoms with van der Waals surface area (Å²) >= 11 is 6.29. The minimum atomic E-state index is -0.499. The number of nitrogens with one attached hydrogen (secondary N) is 2. The molecule has 188 valence electrons. The number of hydrazine groups is 1. The third kappa shape index (κ3) is 7.02. The van der Waals surface area contributed by atoms with Crippen molar-refractivity contribution in [3.8, 4) is 5.75 Å². The molecule has 1 aliphatic heterocycles. The highest BCUT2D eigenvalue weighted by Crippen LogP contribution is 2.33. The normalized spacial score (nSPS) is 14.1. The lowest BCUT2D eigenvalue weighted by molar-refractivity contribution is -0.124. The molecule has 0 spiro atoms. The quantitative estimate of drug-likeness (QED) is 0.252. The van der Waals surface area contributed by atoms with Crippen molar-refractivity contribution in [3.05, 3.63) is 106 Å². The zero-order valence-corrected chi connectivity index (χ0v) is 21.1. The second-order valence-corrected chi connectivity index (χ2v) is 9.58. The van der Waals surface area contributed by atoms with E-state index in [-0.39, 0.29) is 27.8 Å². The van der Waals surface area contributed by atoms with Crippen molar-refractivity contribution < 1.29 is 23.5 Å². The van der Waals surface area contributed by atoms with E-state index in [2.05, 4.69) is 10.9 Å². The molecule has 0 aromatic heterocycles. The molecule has 3 aromatic carbocycles. The first-order chi connectivity index (χ1) is 17.9. The molecule has 10 heteroatoms. The Morgan fingerprint density at radius 2 is 1.68 bits per heavy atom. The topological polar surface area (TPSA) is 87.7 Å². The van der Waals surface area contributed by atoms with Crippen LogP contribution < -0.4 is 15.6 Å². The third-order valence-electron chi connectivity index (χ3n) is 5.31. The minimum Gasteiger partial charge on any atom is -0.489 e. The maximum Gasteiger partial charge on any atom is 0.269 e. The van der Waals surface area contributed by atoms with Gasteiger partial charge < -0.3 is 4.74 Å². The van der Waals surface area contributed by atoms with Crippen molar-refractivity contribution in [2.45, 2.75) is 13.0 Å². The van der Waals surface area contributed by atoms with Gasteiger partial charge in [0.15, 0.2) is 0 Å². The number of hydrogen-bond donors (Lipinski definition) is 2. The summed E-state index contributed by atoms with van der Waals surface area (Å²) in [5.41, 5.74) is 6.32. The third-order valence-corrected chi connectivity index (χ3v) is 6.69. The van der Waals surface area contributed by atoms with Gasteiger partial charge in [0.05, 0.1) is 4.91 Å². The molecule has 1 heterocycles. The van der Waals surface area contributed by atoms with Crippen LogP contribution in [0, 0.1) is 5.82 Å². The Hall–Kier alpha value is -4.02. The Kier molecular flexibility index (Phi) is 8.65. The number of halogens is 1. The Labute approximate surface area is 222 Å². The number of rotatable bonds is 8. The van der Waals surface area contributed by atoms with Crippen molar-refractivity contribution in [3.63, 3.8) is 0 Å². The van der Waals surface area contributed by atoms with Crippen LogP contribution in [-0.2, 0) is 16.2 Å². The molecule has 1 fully saturated rings. The van der Waals surface area contributed by atoms with Gasteiger partial charge in [0.25, 0.3) is 11.8 Å². The van der Waals surface area contributed by atoms with Gasteiger partial charge in [-0.1, -0.05) is 72.5 Å². The molecule has 2 N–H and O–H groups in total. The van der Waals surface area contributed by atoms with Gasteiger partial charge in [0.2, 0.25) is 5.91 Å².